The summed E-state index contributed by atoms with van der Waals surface area (Å²) in [5.41, 5.74) is 0.766. The summed E-state index contributed by atoms with van der Waals surface area (Å²) in [5, 5.41) is 24.1. The molecule has 11 heteroatoms. The third-order valence-corrected chi connectivity index (χ3v) is 11.6. The zero-order valence-corrected chi connectivity index (χ0v) is 33.7. The molecule has 0 bridgehead atoms. The first kappa shape index (κ1) is 45.5. The molecule has 1 aromatic carbocycles. The molecule has 11 atom stereocenters. The molecule has 0 radical (unpaired) electrons. The van der Waals surface area contributed by atoms with Gasteiger partial charge in [-0.2, -0.15) is 0 Å². The Kier molecular flexibility index (Phi) is 19.1. The van der Waals surface area contributed by atoms with Crippen molar-refractivity contribution < 1.29 is 38.9 Å². The number of aliphatic hydroxyl groups is 2. The van der Waals surface area contributed by atoms with Crippen molar-refractivity contribution in [3.05, 3.63) is 35.9 Å². The Balaban J connectivity index is 2.26. The maximum absolute atomic E-state index is 14.2. The molecule has 1 aliphatic heterocycles. The molecule has 1 fully saturated rings. The SMILES string of the molecule is CC[C@H](C)[C@@H]([C@@H](CC(=O)N1CCC[C@H]1[C@H](OC)[C@@H](C)C(=O)C[C@H](C)[C@@H](O)c1ccccc1)OC)N(C)C(=O)[C@@H](CC(=O)[C@@H](NC)C(C)C)C(C)CO. The molecule has 1 aromatic rings. The first-order valence-electron chi connectivity index (χ1n) is 19.3. The van der Waals surface area contributed by atoms with Crippen LogP contribution in [-0.4, -0.2) is 115 Å². The molecular formula is C41H69N3O8. The van der Waals surface area contributed by atoms with Gasteiger partial charge in [0.2, 0.25) is 11.8 Å². The van der Waals surface area contributed by atoms with E-state index in [1.165, 1.54) is 0 Å². The molecule has 0 spiro atoms. The molecular weight excluding hydrogens is 662 g/mol. The summed E-state index contributed by atoms with van der Waals surface area (Å²) in [6, 6.07) is 8.12. The van der Waals surface area contributed by atoms with Crippen molar-refractivity contribution in [2.24, 2.45) is 35.5 Å². The van der Waals surface area contributed by atoms with Crippen LogP contribution in [0.2, 0.25) is 0 Å². The van der Waals surface area contributed by atoms with Crippen LogP contribution in [0.5, 0.6) is 0 Å². The van der Waals surface area contributed by atoms with E-state index in [0.717, 1.165) is 18.4 Å². The van der Waals surface area contributed by atoms with Crippen LogP contribution < -0.4 is 5.32 Å². The Hall–Kier alpha value is -2.70. The molecule has 1 aliphatic rings. The van der Waals surface area contributed by atoms with E-state index in [0.29, 0.717) is 13.0 Å². The minimum Gasteiger partial charge on any atom is -0.396 e. The summed E-state index contributed by atoms with van der Waals surface area (Å²) in [6.45, 7) is 13.7. The second-order valence-electron chi connectivity index (χ2n) is 15.5. The van der Waals surface area contributed by atoms with Gasteiger partial charge in [0, 0.05) is 59.1 Å². The van der Waals surface area contributed by atoms with Gasteiger partial charge >= 0.3 is 0 Å². The van der Waals surface area contributed by atoms with E-state index in [9.17, 15) is 29.4 Å². The van der Waals surface area contributed by atoms with Crippen LogP contribution in [0.25, 0.3) is 0 Å². The third kappa shape index (κ3) is 11.6. The van der Waals surface area contributed by atoms with Crippen LogP contribution in [0.1, 0.15) is 98.7 Å². The fourth-order valence-electron chi connectivity index (χ4n) is 8.06. The number of likely N-dealkylation sites (N-methyl/N-ethyl adjacent to an activating group) is 2. The first-order chi connectivity index (χ1) is 24.6. The number of nitrogens with one attached hydrogen (secondary N) is 1. The zero-order chi connectivity index (χ0) is 39.3. The number of ether oxygens (including phenoxy) is 2. The highest BCUT2D eigenvalue weighted by Crippen LogP contribution is 2.32. The van der Waals surface area contributed by atoms with Crippen molar-refractivity contribution in [1.29, 1.82) is 0 Å². The van der Waals surface area contributed by atoms with Crippen LogP contribution >= 0.6 is 0 Å². The van der Waals surface area contributed by atoms with E-state index in [1.807, 2.05) is 71.9 Å². The second-order valence-corrected chi connectivity index (χ2v) is 15.5. The molecule has 1 heterocycles. The molecule has 2 amide bonds. The lowest BCUT2D eigenvalue weighted by Crippen LogP contribution is -2.54. The van der Waals surface area contributed by atoms with E-state index in [1.54, 1.807) is 45.0 Å². The fourth-order valence-corrected chi connectivity index (χ4v) is 8.06. The van der Waals surface area contributed by atoms with Crippen LogP contribution in [-0.2, 0) is 28.7 Å². The molecule has 3 N–H and O–H groups in total. The minimum atomic E-state index is -0.773. The Labute approximate surface area is 313 Å². The standard InChI is InChI=1S/C41H69N3O8/c1-12-26(4)38(43(9)41(50)31(28(6)24-45)22-34(47)37(42-8)25(2)3)35(51-10)23-36(48)44-20-16-19-32(44)40(52-11)29(7)33(46)21-27(5)39(49)30-17-14-13-15-18-30/h13-15,17-18,25-29,31-32,35,37-40,42,45,49H,12,16,19-24H2,1-11H3/t26-,27-,28?,29-,31-,32-,35+,37-,38-,39+,40+/m0/s1. The van der Waals surface area contributed by atoms with E-state index in [2.05, 4.69) is 5.32 Å². The highest BCUT2D eigenvalue weighted by Gasteiger charge is 2.43. The maximum Gasteiger partial charge on any atom is 0.226 e. The minimum absolute atomic E-state index is 0.00679. The van der Waals surface area contributed by atoms with E-state index < -0.39 is 48.1 Å². The summed E-state index contributed by atoms with van der Waals surface area (Å²) in [5.74, 6) is -2.49. The number of rotatable bonds is 23. The number of nitrogens with zero attached hydrogens (tertiary/aromatic N) is 2. The number of aliphatic hydroxyl groups excluding tert-OH is 2. The van der Waals surface area contributed by atoms with Crippen LogP contribution in [0.3, 0.4) is 0 Å². The maximum atomic E-state index is 14.2. The Bertz CT molecular complexity index is 1260. The largest absolute Gasteiger partial charge is 0.396 e. The highest BCUT2D eigenvalue weighted by atomic mass is 16.5. The van der Waals surface area contributed by atoms with Gasteiger partial charge in [0.1, 0.15) is 5.78 Å². The summed E-state index contributed by atoms with van der Waals surface area (Å²) in [6.07, 6.45) is 0.429. The van der Waals surface area contributed by atoms with Crippen molar-refractivity contribution in [2.75, 3.05) is 41.5 Å². The van der Waals surface area contributed by atoms with Crippen LogP contribution in [0.15, 0.2) is 30.3 Å². The molecule has 0 aromatic heterocycles. The fraction of sp³-hybridized carbons (Fsp3) is 0.756. The third-order valence-electron chi connectivity index (χ3n) is 11.6. The Morgan fingerprint density at radius 1 is 0.923 bits per heavy atom. The van der Waals surface area contributed by atoms with Gasteiger partial charge in [-0.25, -0.2) is 0 Å². The van der Waals surface area contributed by atoms with Gasteiger partial charge in [-0.3, -0.25) is 19.2 Å². The van der Waals surface area contributed by atoms with Crippen molar-refractivity contribution in [3.8, 4) is 0 Å². The summed E-state index contributed by atoms with van der Waals surface area (Å²) in [7, 11) is 6.56. The van der Waals surface area contributed by atoms with Crippen molar-refractivity contribution >= 4 is 23.4 Å². The van der Waals surface area contributed by atoms with Gasteiger partial charge in [0.15, 0.2) is 5.78 Å². The van der Waals surface area contributed by atoms with E-state index >= 15 is 0 Å². The number of carbonyl (C=O) groups is 4. The molecule has 1 unspecified atom stereocenters. The molecule has 0 aliphatic carbocycles. The number of Topliss-reactive ketones (excluding diaryl/α,β-unsaturated/α-hetero) is 2. The summed E-state index contributed by atoms with van der Waals surface area (Å²) in [4.78, 5) is 58.7. The van der Waals surface area contributed by atoms with Gasteiger partial charge in [-0.05, 0) is 49.1 Å². The smallest absolute Gasteiger partial charge is 0.226 e. The lowest BCUT2D eigenvalue weighted by Gasteiger charge is -2.41. The number of amides is 2. The molecule has 0 saturated carbocycles. The Morgan fingerprint density at radius 2 is 1.56 bits per heavy atom. The van der Waals surface area contributed by atoms with Crippen molar-refractivity contribution in [1.82, 2.24) is 15.1 Å². The van der Waals surface area contributed by atoms with Gasteiger partial charge in [-0.1, -0.05) is 85.2 Å². The van der Waals surface area contributed by atoms with E-state index in [-0.39, 0.29) is 73.0 Å². The second kappa shape index (κ2) is 21.9. The van der Waals surface area contributed by atoms with Crippen LogP contribution in [0, 0.1) is 35.5 Å². The summed E-state index contributed by atoms with van der Waals surface area (Å²) >= 11 is 0. The number of ketones is 2. The monoisotopic (exact) mass is 732 g/mol. The normalized spacial score (nSPS) is 20.7. The molecule has 11 nitrogen and oxygen atoms in total. The summed E-state index contributed by atoms with van der Waals surface area (Å²) < 4.78 is 12.0. The number of hydrogen-bond donors (Lipinski definition) is 3. The molecule has 52 heavy (non-hydrogen) atoms. The van der Waals surface area contributed by atoms with Crippen molar-refractivity contribution in [3.63, 3.8) is 0 Å². The average molecular weight is 732 g/mol. The number of hydrogen-bond acceptors (Lipinski definition) is 9. The number of carbonyl (C=O) groups excluding carboxylic acids is 4. The van der Waals surface area contributed by atoms with Crippen molar-refractivity contribution in [2.45, 2.75) is 123 Å². The molecule has 2 rings (SSSR count). The number of benzene rings is 1. The Morgan fingerprint density at radius 3 is 2.08 bits per heavy atom. The molecule has 1 saturated heterocycles. The number of methoxy groups -OCH3 is 2. The van der Waals surface area contributed by atoms with Gasteiger partial charge in [0.05, 0.1) is 42.9 Å². The predicted octanol–water partition coefficient (Wildman–Crippen LogP) is 4.68. The van der Waals surface area contributed by atoms with Gasteiger partial charge in [0.25, 0.3) is 0 Å². The lowest BCUT2D eigenvalue weighted by molar-refractivity contribution is -0.149. The van der Waals surface area contributed by atoms with Gasteiger partial charge < -0.3 is 34.8 Å². The van der Waals surface area contributed by atoms with Crippen LogP contribution in [0.4, 0.5) is 0 Å². The predicted molar refractivity (Wildman–Crippen MR) is 203 cm³/mol. The molecule has 296 valence electrons. The highest BCUT2D eigenvalue weighted by molar-refractivity contribution is 5.90. The van der Waals surface area contributed by atoms with E-state index in [4.69, 9.17) is 9.47 Å². The topological polar surface area (TPSA) is 146 Å². The number of likely N-dealkylation sites (tertiary alicyclic amines) is 1. The average Bonchev–Trinajstić information content (AvgIpc) is 3.62. The van der Waals surface area contributed by atoms with Gasteiger partial charge in [-0.15, -0.1) is 0 Å². The quantitative estimate of drug-likeness (QED) is 0.146. The zero-order valence-electron chi connectivity index (χ0n) is 33.7. The lowest BCUT2D eigenvalue weighted by atomic mass is 9.83. The first-order valence-corrected chi connectivity index (χ1v) is 19.3.